The van der Waals surface area contributed by atoms with Gasteiger partial charge in [0.1, 0.15) is 5.82 Å². The predicted octanol–water partition coefficient (Wildman–Crippen LogP) is 1.46. The molecule has 0 aromatic heterocycles. The van der Waals surface area contributed by atoms with Gasteiger partial charge in [0.05, 0.1) is 5.56 Å². The van der Waals surface area contributed by atoms with Crippen LogP contribution in [0, 0.1) is 9.39 Å². The Hall–Kier alpha value is -0.730. The summed E-state index contributed by atoms with van der Waals surface area (Å²) in [6, 6.07) is 4.66. The van der Waals surface area contributed by atoms with Gasteiger partial charge in [-0.05, 0) is 47.7 Å². The van der Waals surface area contributed by atoms with Crippen molar-refractivity contribution < 1.29 is 9.18 Å². The van der Waals surface area contributed by atoms with E-state index in [0.717, 1.165) is 39.1 Å². The number of halogens is 2. The summed E-state index contributed by atoms with van der Waals surface area (Å²) in [6.45, 7) is 5.71. The molecule has 1 aromatic rings. The van der Waals surface area contributed by atoms with E-state index in [0.29, 0.717) is 10.1 Å². The standard InChI is InChI=1S/C14H19FIN3O/c15-11-3-1-4-12(16)13(11)14(20)18-5-2-8-19-9-6-17-7-10-19/h1,3-4,17H,2,5-10H2,(H,18,20). The van der Waals surface area contributed by atoms with Crippen LogP contribution in [0.2, 0.25) is 0 Å². The fraction of sp³-hybridized carbons (Fsp3) is 0.500. The van der Waals surface area contributed by atoms with Crippen molar-refractivity contribution in [3.8, 4) is 0 Å². The van der Waals surface area contributed by atoms with E-state index in [1.54, 1.807) is 12.1 Å². The summed E-state index contributed by atoms with van der Waals surface area (Å²) in [5.41, 5.74) is 0.148. The third kappa shape index (κ3) is 4.39. The van der Waals surface area contributed by atoms with Gasteiger partial charge in [-0.2, -0.15) is 0 Å². The first-order valence-electron chi connectivity index (χ1n) is 6.84. The van der Waals surface area contributed by atoms with Gasteiger partial charge in [-0.25, -0.2) is 4.39 Å². The summed E-state index contributed by atoms with van der Waals surface area (Å²) in [4.78, 5) is 14.3. The van der Waals surface area contributed by atoms with E-state index in [4.69, 9.17) is 0 Å². The Labute approximate surface area is 132 Å². The Bertz CT molecular complexity index is 443. The molecule has 1 saturated heterocycles. The van der Waals surface area contributed by atoms with E-state index in [1.165, 1.54) is 6.07 Å². The fourth-order valence-electron chi connectivity index (χ4n) is 2.24. The first kappa shape index (κ1) is 15.7. The number of carbonyl (C=O) groups excluding carboxylic acids is 1. The Morgan fingerprint density at radius 2 is 2.15 bits per heavy atom. The first-order chi connectivity index (χ1) is 9.68. The predicted molar refractivity (Wildman–Crippen MR) is 85.4 cm³/mol. The maximum absolute atomic E-state index is 13.6. The molecule has 0 aliphatic carbocycles. The van der Waals surface area contributed by atoms with Crippen molar-refractivity contribution in [1.29, 1.82) is 0 Å². The lowest BCUT2D eigenvalue weighted by Crippen LogP contribution is -2.44. The zero-order valence-corrected chi connectivity index (χ0v) is 13.5. The third-order valence-electron chi connectivity index (χ3n) is 3.34. The van der Waals surface area contributed by atoms with Gasteiger partial charge in [-0.1, -0.05) is 6.07 Å². The van der Waals surface area contributed by atoms with Crippen molar-refractivity contribution in [2.75, 3.05) is 39.3 Å². The maximum Gasteiger partial charge on any atom is 0.255 e. The number of nitrogens with one attached hydrogen (secondary N) is 2. The van der Waals surface area contributed by atoms with Crippen LogP contribution in [0.3, 0.4) is 0 Å². The zero-order chi connectivity index (χ0) is 14.4. The molecule has 1 aliphatic rings. The quantitative estimate of drug-likeness (QED) is 0.590. The van der Waals surface area contributed by atoms with Crippen molar-refractivity contribution in [2.24, 2.45) is 0 Å². The molecule has 2 rings (SSSR count). The number of amides is 1. The van der Waals surface area contributed by atoms with E-state index in [1.807, 2.05) is 22.6 Å². The Morgan fingerprint density at radius 1 is 1.40 bits per heavy atom. The second-order valence-corrected chi connectivity index (χ2v) is 5.96. The van der Waals surface area contributed by atoms with Gasteiger partial charge in [0, 0.05) is 36.3 Å². The number of hydrogen-bond donors (Lipinski definition) is 2. The van der Waals surface area contributed by atoms with Gasteiger partial charge in [-0.3, -0.25) is 4.79 Å². The molecule has 110 valence electrons. The third-order valence-corrected chi connectivity index (χ3v) is 4.24. The highest BCUT2D eigenvalue weighted by atomic mass is 127. The van der Waals surface area contributed by atoms with Crippen LogP contribution < -0.4 is 10.6 Å². The highest BCUT2D eigenvalue weighted by molar-refractivity contribution is 14.1. The monoisotopic (exact) mass is 391 g/mol. The Balaban J connectivity index is 1.75. The van der Waals surface area contributed by atoms with Crippen LogP contribution in [-0.4, -0.2) is 50.1 Å². The van der Waals surface area contributed by atoms with Gasteiger partial charge in [0.15, 0.2) is 0 Å². The molecule has 1 aromatic carbocycles. The lowest BCUT2D eigenvalue weighted by Gasteiger charge is -2.27. The average Bonchev–Trinajstić information content (AvgIpc) is 2.44. The molecule has 2 N–H and O–H groups in total. The molecule has 0 radical (unpaired) electrons. The molecule has 1 aliphatic heterocycles. The summed E-state index contributed by atoms with van der Waals surface area (Å²) >= 11 is 1.98. The maximum atomic E-state index is 13.6. The van der Waals surface area contributed by atoms with Gasteiger partial charge >= 0.3 is 0 Å². The minimum Gasteiger partial charge on any atom is -0.352 e. The Kier molecular flexibility index (Phi) is 6.18. The van der Waals surface area contributed by atoms with Crippen LogP contribution in [-0.2, 0) is 0 Å². The van der Waals surface area contributed by atoms with E-state index < -0.39 is 5.82 Å². The number of carbonyl (C=O) groups is 1. The summed E-state index contributed by atoms with van der Waals surface area (Å²) < 4.78 is 14.3. The first-order valence-corrected chi connectivity index (χ1v) is 7.91. The Morgan fingerprint density at radius 3 is 2.85 bits per heavy atom. The van der Waals surface area contributed by atoms with E-state index in [-0.39, 0.29) is 11.5 Å². The van der Waals surface area contributed by atoms with Crippen LogP contribution in [0.15, 0.2) is 18.2 Å². The van der Waals surface area contributed by atoms with Crippen LogP contribution in [0.25, 0.3) is 0 Å². The summed E-state index contributed by atoms with van der Waals surface area (Å²) in [5, 5.41) is 6.10. The van der Waals surface area contributed by atoms with Crippen molar-refractivity contribution in [2.45, 2.75) is 6.42 Å². The average molecular weight is 391 g/mol. The minimum absolute atomic E-state index is 0.148. The number of rotatable bonds is 5. The highest BCUT2D eigenvalue weighted by Crippen LogP contribution is 2.15. The molecule has 20 heavy (non-hydrogen) atoms. The molecule has 0 atom stereocenters. The van der Waals surface area contributed by atoms with Crippen LogP contribution in [0.4, 0.5) is 4.39 Å². The fourth-order valence-corrected chi connectivity index (χ4v) is 2.95. The van der Waals surface area contributed by atoms with Gasteiger partial charge in [0.2, 0.25) is 0 Å². The van der Waals surface area contributed by atoms with Crippen molar-refractivity contribution >= 4 is 28.5 Å². The van der Waals surface area contributed by atoms with Crippen molar-refractivity contribution in [3.05, 3.63) is 33.1 Å². The summed E-state index contributed by atoms with van der Waals surface area (Å²) in [7, 11) is 0. The molecule has 1 fully saturated rings. The van der Waals surface area contributed by atoms with Crippen LogP contribution >= 0.6 is 22.6 Å². The lowest BCUT2D eigenvalue weighted by molar-refractivity contribution is 0.0946. The molecule has 6 heteroatoms. The zero-order valence-electron chi connectivity index (χ0n) is 11.3. The lowest BCUT2D eigenvalue weighted by atomic mass is 10.2. The van der Waals surface area contributed by atoms with Crippen molar-refractivity contribution in [3.63, 3.8) is 0 Å². The second kappa shape index (κ2) is 7.90. The molecule has 4 nitrogen and oxygen atoms in total. The molecule has 0 unspecified atom stereocenters. The smallest absolute Gasteiger partial charge is 0.255 e. The molecule has 1 heterocycles. The molecule has 0 spiro atoms. The largest absolute Gasteiger partial charge is 0.352 e. The molecule has 0 saturated carbocycles. The molecule has 0 bridgehead atoms. The number of hydrogen-bond acceptors (Lipinski definition) is 3. The normalized spacial score (nSPS) is 16.1. The summed E-state index contributed by atoms with van der Waals surface area (Å²) in [5.74, 6) is -0.788. The second-order valence-electron chi connectivity index (χ2n) is 4.80. The van der Waals surface area contributed by atoms with Crippen LogP contribution in [0.5, 0.6) is 0 Å². The molecule has 1 amide bonds. The van der Waals surface area contributed by atoms with Gasteiger partial charge in [0.25, 0.3) is 5.91 Å². The van der Waals surface area contributed by atoms with Gasteiger partial charge in [-0.15, -0.1) is 0 Å². The van der Waals surface area contributed by atoms with E-state index in [9.17, 15) is 9.18 Å². The SMILES string of the molecule is O=C(NCCCN1CCNCC1)c1c(F)cccc1I. The van der Waals surface area contributed by atoms with Crippen molar-refractivity contribution in [1.82, 2.24) is 15.5 Å². The number of benzene rings is 1. The van der Waals surface area contributed by atoms with E-state index in [2.05, 4.69) is 15.5 Å². The van der Waals surface area contributed by atoms with E-state index >= 15 is 0 Å². The number of nitrogens with zero attached hydrogens (tertiary/aromatic N) is 1. The minimum atomic E-state index is -0.462. The topological polar surface area (TPSA) is 44.4 Å². The number of piperazine rings is 1. The molecular weight excluding hydrogens is 372 g/mol. The van der Waals surface area contributed by atoms with Crippen LogP contribution in [0.1, 0.15) is 16.8 Å². The summed E-state index contributed by atoms with van der Waals surface area (Å²) in [6.07, 6.45) is 0.886. The van der Waals surface area contributed by atoms with Gasteiger partial charge < -0.3 is 15.5 Å². The molecular formula is C14H19FIN3O. The highest BCUT2D eigenvalue weighted by Gasteiger charge is 2.15.